The van der Waals surface area contributed by atoms with Crippen molar-refractivity contribution >= 4 is 0 Å². The Hall–Kier alpha value is -0.880. The predicted octanol–water partition coefficient (Wildman–Crippen LogP) is 2.06. The van der Waals surface area contributed by atoms with Gasteiger partial charge in [0.05, 0.1) is 0 Å². The molecule has 0 aliphatic rings. The van der Waals surface area contributed by atoms with Crippen LogP contribution in [0.1, 0.15) is 27.7 Å². The van der Waals surface area contributed by atoms with Crippen molar-refractivity contribution in [1.29, 1.82) is 0 Å². The summed E-state index contributed by atoms with van der Waals surface area (Å²) < 4.78 is 0. The summed E-state index contributed by atoms with van der Waals surface area (Å²) in [6.45, 7) is 7.54. The monoisotopic (exact) mass is 108 g/mol. The Balaban J connectivity index is 0. The molecule has 0 aromatic rings. The van der Waals surface area contributed by atoms with Crippen molar-refractivity contribution in [2.24, 2.45) is 0 Å². The zero-order valence-electron chi connectivity index (χ0n) is 6.00. The van der Waals surface area contributed by atoms with Gasteiger partial charge in [0.2, 0.25) is 0 Å². The molecule has 0 bridgehead atoms. The van der Waals surface area contributed by atoms with E-state index in [2.05, 4.69) is 23.7 Å². The average Bonchev–Trinajstić information content (AvgIpc) is 1.88. The van der Waals surface area contributed by atoms with Gasteiger partial charge >= 0.3 is 0 Å². The van der Waals surface area contributed by atoms with Gasteiger partial charge in [-0.25, -0.2) is 0 Å². The second kappa shape index (κ2) is 16.5. The van der Waals surface area contributed by atoms with E-state index in [1.165, 1.54) is 0 Å². The number of hydrogen-bond acceptors (Lipinski definition) is 0. The van der Waals surface area contributed by atoms with Crippen molar-refractivity contribution < 1.29 is 0 Å². The van der Waals surface area contributed by atoms with Crippen LogP contribution in [0.15, 0.2) is 0 Å². The lowest BCUT2D eigenvalue weighted by molar-refractivity contribution is 1.50. The number of hydrogen-bond donors (Lipinski definition) is 0. The molecule has 0 amide bonds. The van der Waals surface area contributed by atoms with E-state index in [0.29, 0.717) is 0 Å². The fraction of sp³-hybridized carbons (Fsp3) is 0.500. The minimum Gasteiger partial charge on any atom is -0.0925 e. The van der Waals surface area contributed by atoms with Gasteiger partial charge in [0.15, 0.2) is 0 Å². The molecule has 0 aliphatic heterocycles. The van der Waals surface area contributed by atoms with Crippen LogP contribution in [0.3, 0.4) is 0 Å². The lowest BCUT2D eigenvalue weighted by Gasteiger charge is -1.48. The lowest BCUT2D eigenvalue weighted by Crippen LogP contribution is -1.42. The third kappa shape index (κ3) is 19.3. The standard InChI is InChI=1S/C6H6.C2H6/c1-3-5-6-4-2;1-2/h1-2H3;1-2H3. The molecule has 0 aromatic heterocycles. The van der Waals surface area contributed by atoms with Gasteiger partial charge in [0.1, 0.15) is 0 Å². The van der Waals surface area contributed by atoms with E-state index in [-0.39, 0.29) is 0 Å². The summed E-state index contributed by atoms with van der Waals surface area (Å²) in [7, 11) is 0. The van der Waals surface area contributed by atoms with Gasteiger partial charge in [-0.05, 0) is 25.7 Å². The third-order valence-corrected chi connectivity index (χ3v) is 0.312. The zero-order valence-corrected chi connectivity index (χ0v) is 6.00. The van der Waals surface area contributed by atoms with Crippen LogP contribution in [-0.2, 0) is 0 Å². The number of rotatable bonds is 0. The lowest BCUT2D eigenvalue weighted by atomic mass is 10.6. The normalized spacial score (nSPS) is 3.50. The first-order valence-corrected chi connectivity index (χ1v) is 2.75. The molecule has 0 radical (unpaired) electrons. The van der Waals surface area contributed by atoms with Gasteiger partial charge in [0, 0.05) is 0 Å². The van der Waals surface area contributed by atoms with Gasteiger partial charge in [-0.3, -0.25) is 0 Å². The van der Waals surface area contributed by atoms with Crippen LogP contribution >= 0.6 is 0 Å². The molecular formula is C8H12. The molecule has 8 heavy (non-hydrogen) atoms. The second-order valence-electron chi connectivity index (χ2n) is 0.750. The minimum atomic E-state index is 1.77. The molecule has 0 aromatic carbocycles. The predicted molar refractivity (Wildman–Crippen MR) is 38.2 cm³/mol. The van der Waals surface area contributed by atoms with Gasteiger partial charge in [0.25, 0.3) is 0 Å². The van der Waals surface area contributed by atoms with E-state index in [9.17, 15) is 0 Å². The van der Waals surface area contributed by atoms with Crippen LogP contribution in [0, 0.1) is 23.7 Å². The molecule has 0 fully saturated rings. The highest BCUT2D eigenvalue weighted by Gasteiger charge is 1.41. The molecule has 0 rings (SSSR count). The van der Waals surface area contributed by atoms with Gasteiger partial charge in [-0.2, -0.15) is 0 Å². The molecular weight excluding hydrogens is 96.1 g/mol. The smallest absolute Gasteiger partial charge is 0.00168 e. The van der Waals surface area contributed by atoms with Crippen molar-refractivity contribution in [2.45, 2.75) is 27.7 Å². The van der Waals surface area contributed by atoms with Crippen molar-refractivity contribution in [3.63, 3.8) is 0 Å². The molecule has 0 saturated heterocycles. The molecule has 0 N–H and O–H groups in total. The Labute approximate surface area is 52.3 Å². The van der Waals surface area contributed by atoms with Crippen LogP contribution in [0.4, 0.5) is 0 Å². The van der Waals surface area contributed by atoms with E-state index in [0.717, 1.165) is 0 Å². The highest BCUT2D eigenvalue weighted by atomic mass is 13.5. The van der Waals surface area contributed by atoms with Crippen LogP contribution in [0.5, 0.6) is 0 Å². The van der Waals surface area contributed by atoms with Crippen LogP contribution < -0.4 is 0 Å². The van der Waals surface area contributed by atoms with E-state index in [1.54, 1.807) is 13.8 Å². The van der Waals surface area contributed by atoms with Gasteiger partial charge in [-0.1, -0.05) is 25.7 Å². The molecule has 0 atom stereocenters. The molecule has 0 unspecified atom stereocenters. The topological polar surface area (TPSA) is 0 Å². The Bertz CT molecular complexity index is 104. The molecule has 44 valence electrons. The minimum absolute atomic E-state index is 1.77. The van der Waals surface area contributed by atoms with Crippen LogP contribution in [-0.4, -0.2) is 0 Å². The summed E-state index contributed by atoms with van der Waals surface area (Å²) in [4.78, 5) is 0. The van der Waals surface area contributed by atoms with Crippen molar-refractivity contribution in [2.75, 3.05) is 0 Å². The molecule has 0 spiro atoms. The summed E-state index contributed by atoms with van der Waals surface area (Å²) in [6.07, 6.45) is 0. The Morgan fingerprint density at radius 1 is 0.750 bits per heavy atom. The Morgan fingerprint density at radius 2 is 1.00 bits per heavy atom. The SMILES string of the molecule is CC.CC#CC#CC. The highest BCUT2D eigenvalue weighted by Crippen LogP contribution is 1.47. The first kappa shape index (κ1) is 10.2. The van der Waals surface area contributed by atoms with Gasteiger partial charge in [-0.15, -0.1) is 0 Å². The fourth-order valence-electron chi connectivity index (χ4n) is 0.125. The second-order valence-corrected chi connectivity index (χ2v) is 0.750. The fourth-order valence-corrected chi connectivity index (χ4v) is 0.125. The summed E-state index contributed by atoms with van der Waals surface area (Å²) in [5.41, 5.74) is 0. The largest absolute Gasteiger partial charge is 0.0925 e. The first-order chi connectivity index (χ1) is 3.91. The molecule has 0 nitrogen and oxygen atoms in total. The van der Waals surface area contributed by atoms with Crippen molar-refractivity contribution in [3.8, 4) is 23.7 Å². The Kier molecular flexibility index (Phi) is 21.0. The van der Waals surface area contributed by atoms with Crippen molar-refractivity contribution in [1.82, 2.24) is 0 Å². The van der Waals surface area contributed by atoms with Crippen LogP contribution in [0.25, 0.3) is 0 Å². The maximum Gasteiger partial charge on any atom is -0.00168 e. The van der Waals surface area contributed by atoms with Crippen molar-refractivity contribution in [3.05, 3.63) is 0 Å². The molecule has 0 heteroatoms. The van der Waals surface area contributed by atoms with E-state index in [1.807, 2.05) is 13.8 Å². The zero-order chi connectivity index (χ0) is 6.83. The molecule has 0 aliphatic carbocycles. The van der Waals surface area contributed by atoms with Crippen LogP contribution in [0.2, 0.25) is 0 Å². The maximum atomic E-state index is 2.64. The highest BCUT2D eigenvalue weighted by molar-refractivity contribution is 5.23. The molecule has 0 heterocycles. The summed E-state index contributed by atoms with van der Waals surface area (Å²) in [5, 5.41) is 0. The quantitative estimate of drug-likeness (QED) is 0.417. The Morgan fingerprint density at radius 3 is 1.12 bits per heavy atom. The average molecular weight is 108 g/mol. The van der Waals surface area contributed by atoms with E-state index < -0.39 is 0 Å². The van der Waals surface area contributed by atoms with E-state index >= 15 is 0 Å². The van der Waals surface area contributed by atoms with Gasteiger partial charge < -0.3 is 0 Å². The summed E-state index contributed by atoms with van der Waals surface area (Å²) >= 11 is 0. The third-order valence-electron chi connectivity index (χ3n) is 0.312. The summed E-state index contributed by atoms with van der Waals surface area (Å²) in [5.74, 6) is 10.5. The maximum absolute atomic E-state index is 2.64. The molecule has 0 saturated carbocycles. The summed E-state index contributed by atoms with van der Waals surface area (Å²) in [6, 6.07) is 0. The first-order valence-electron chi connectivity index (χ1n) is 2.75. The van der Waals surface area contributed by atoms with E-state index in [4.69, 9.17) is 0 Å².